The van der Waals surface area contributed by atoms with Crippen LogP contribution in [0.3, 0.4) is 0 Å². The Morgan fingerprint density at radius 2 is 2.09 bits per heavy atom. The number of aryl methyl sites for hydroxylation is 1. The van der Waals surface area contributed by atoms with E-state index in [4.69, 9.17) is 4.74 Å². The van der Waals surface area contributed by atoms with Crippen molar-refractivity contribution in [2.24, 2.45) is 5.10 Å². The fraction of sp³-hybridized carbons (Fsp3) is 0.235. The molecule has 118 valence electrons. The molecule has 1 heterocycles. The van der Waals surface area contributed by atoms with Crippen molar-refractivity contribution in [1.29, 1.82) is 0 Å². The number of hydrogen-bond donors (Lipinski definition) is 1. The Morgan fingerprint density at radius 3 is 2.91 bits per heavy atom. The predicted octanol–water partition coefficient (Wildman–Crippen LogP) is 2.46. The minimum Gasteiger partial charge on any atom is -0.484 e. The summed E-state index contributed by atoms with van der Waals surface area (Å²) in [5, 5.41) is 4.17. The van der Waals surface area contributed by atoms with Crippen molar-refractivity contribution in [3.8, 4) is 5.75 Å². The van der Waals surface area contributed by atoms with Crippen LogP contribution < -0.4 is 10.2 Å². The number of nitrogens with one attached hydrogen (secondary N) is 1. The number of aromatic nitrogens is 1. The maximum absolute atomic E-state index is 12.8. The Morgan fingerprint density at radius 1 is 1.26 bits per heavy atom. The zero-order chi connectivity index (χ0) is 16.1. The zero-order valence-electron chi connectivity index (χ0n) is 12.5. The van der Waals surface area contributed by atoms with Crippen molar-refractivity contribution in [1.82, 2.24) is 10.4 Å². The van der Waals surface area contributed by atoms with Gasteiger partial charge in [0.25, 0.3) is 5.91 Å². The van der Waals surface area contributed by atoms with E-state index in [-0.39, 0.29) is 18.3 Å². The molecule has 0 bridgehead atoms. The van der Waals surface area contributed by atoms with E-state index in [1.807, 2.05) is 12.1 Å². The first-order valence-corrected chi connectivity index (χ1v) is 7.40. The highest BCUT2D eigenvalue weighted by Crippen LogP contribution is 2.19. The van der Waals surface area contributed by atoms with Crippen molar-refractivity contribution in [2.75, 3.05) is 6.61 Å². The lowest BCUT2D eigenvalue weighted by atomic mass is 9.95. The number of rotatable bonds is 4. The Bertz CT molecular complexity index is 729. The molecule has 6 heteroatoms. The van der Waals surface area contributed by atoms with E-state index >= 15 is 0 Å². The van der Waals surface area contributed by atoms with E-state index in [9.17, 15) is 9.18 Å². The van der Waals surface area contributed by atoms with Crippen molar-refractivity contribution >= 4 is 11.6 Å². The number of carbonyl (C=O) groups excluding carboxylic acids is 1. The average molecular weight is 313 g/mol. The molecule has 5 nitrogen and oxygen atoms in total. The third kappa shape index (κ3) is 3.91. The molecule has 1 aromatic heterocycles. The number of hydrogen-bond acceptors (Lipinski definition) is 4. The Hall–Kier alpha value is -2.76. The van der Waals surface area contributed by atoms with Gasteiger partial charge < -0.3 is 4.74 Å². The van der Waals surface area contributed by atoms with Crippen LogP contribution in [0, 0.1) is 5.82 Å². The summed E-state index contributed by atoms with van der Waals surface area (Å²) >= 11 is 0. The maximum atomic E-state index is 12.8. The molecule has 2 aromatic rings. The van der Waals surface area contributed by atoms with E-state index in [1.54, 1.807) is 6.20 Å². The first-order valence-electron chi connectivity index (χ1n) is 7.40. The van der Waals surface area contributed by atoms with Crippen molar-refractivity contribution in [3.63, 3.8) is 0 Å². The molecule has 1 aliphatic rings. The van der Waals surface area contributed by atoms with Gasteiger partial charge in [-0.3, -0.25) is 9.78 Å². The average Bonchev–Trinajstić information content (AvgIpc) is 2.59. The molecule has 0 unspecified atom stereocenters. The second-order valence-electron chi connectivity index (χ2n) is 5.20. The van der Waals surface area contributed by atoms with Gasteiger partial charge in [-0.1, -0.05) is 6.07 Å². The lowest BCUT2D eigenvalue weighted by molar-refractivity contribution is -0.123. The van der Waals surface area contributed by atoms with Crippen LogP contribution in [0.1, 0.15) is 24.1 Å². The summed E-state index contributed by atoms with van der Waals surface area (Å²) in [4.78, 5) is 16.1. The molecule has 0 saturated heterocycles. The number of halogens is 1. The fourth-order valence-corrected chi connectivity index (χ4v) is 2.42. The third-order valence-corrected chi connectivity index (χ3v) is 3.52. The van der Waals surface area contributed by atoms with Gasteiger partial charge in [0.1, 0.15) is 11.6 Å². The highest BCUT2D eigenvalue weighted by molar-refractivity contribution is 6.01. The Balaban J connectivity index is 1.57. The molecule has 0 atom stereocenters. The van der Waals surface area contributed by atoms with E-state index in [0.29, 0.717) is 5.75 Å². The molecule has 3 rings (SSSR count). The number of carbonyl (C=O) groups is 1. The molecular weight excluding hydrogens is 297 g/mol. The van der Waals surface area contributed by atoms with Gasteiger partial charge >= 0.3 is 0 Å². The third-order valence-electron chi connectivity index (χ3n) is 3.52. The minimum atomic E-state index is -0.370. The molecule has 1 amide bonds. The molecular formula is C17H16FN3O2. The molecule has 1 aliphatic carbocycles. The lowest BCUT2D eigenvalue weighted by Crippen LogP contribution is -2.27. The Labute approximate surface area is 133 Å². The van der Waals surface area contributed by atoms with Crippen LogP contribution in [0.2, 0.25) is 0 Å². The molecule has 0 saturated carbocycles. The second-order valence-corrected chi connectivity index (χ2v) is 5.20. The molecule has 1 N–H and O–H groups in total. The number of benzene rings is 1. The van der Waals surface area contributed by atoms with Crippen LogP contribution >= 0.6 is 0 Å². The number of fused-ring (bicyclic) bond motifs is 1. The molecule has 23 heavy (non-hydrogen) atoms. The number of pyridine rings is 1. The summed E-state index contributed by atoms with van der Waals surface area (Å²) in [5.74, 6) is -0.291. The molecule has 0 aliphatic heterocycles. The number of ether oxygens (including phenoxy) is 1. The van der Waals surface area contributed by atoms with Gasteiger partial charge in [0.2, 0.25) is 0 Å². The van der Waals surface area contributed by atoms with Crippen LogP contribution in [0.25, 0.3) is 0 Å². The highest BCUT2D eigenvalue weighted by atomic mass is 19.1. The van der Waals surface area contributed by atoms with E-state index in [2.05, 4.69) is 15.5 Å². The van der Waals surface area contributed by atoms with Gasteiger partial charge in [-0.2, -0.15) is 5.10 Å². The summed E-state index contributed by atoms with van der Waals surface area (Å²) in [5.41, 5.74) is 5.26. The topological polar surface area (TPSA) is 63.6 Å². The van der Waals surface area contributed by atoms with Gasteiger partial charge in [0.05, 0.1) is 11.4 Å². The SMILES string of the molecule is O=C(COc1ccc(F)cc1)N/N=C1\CCCc2cccnc21. The molecule has 0 fully saturated rings. The second kappa shape index (κ2) is 7.00. The Kier molecular flexibility index (Phi) is 4.61. The summed E-state index contributed by atoms with van der Waals surface area (Å²) in [6.07, 6.45) is 4.46. The van der Waals surface area contributed by atoms with Crippen molar-refractivity contribution in [2.45, 2.75) is 19.3 Å². The van der Waals surface area contributed by atoms with Gasteiger partial charge in [-0.25, -0.2) is 9.82 Å². The minimum absolute atomic E-state index is 0.183. The van der Waals surface area contributed by atoms with Crippen LogP contribution in [-0.4, -0.2) is 23.2 Å². The number of hydrazone groups is 1. The fourth-order valence-electron chi connectivity index (χ4n) is 2.42. The summed E-state index contributed by atoms with van der Waals surface area (Å²) < 4.78 is 18.0. The largest absolute Gasteiger partial charge is 0.484 e. The zero-order valence-corrected chi connectivity index (χ0v) is 12.5. The van der Waals surface area contributed by atoms with Gasteiger partial charge in [-0.15, -0.1) is 0 Å². The van der Waals surface area contributed by atoms with Crippen LogP contribution in [0.15, 0.2) is 47.7 Å². The summed E-state index contributed by atoms with van der Waals surface area (Å²) in [7, 11) is 0. The number of amides is 1. The van der Waals surface area contributed by atoms with E-state index in [0.717, 1.165) is 36.2 Å². The molecule has 0 radical (unpaired) electrons. The first-order chi connectivity index (χ1) is 11.2. The number of nitrogens with zero attached hydrogens (tertiary/aromatic N) is 2. The van der Waals surface area contributed by atoms with Crippen LogP contribution in [0.4, 0.5) is 4.39 Å². The summed E-state index contributed by atoms with van der Waals surface area (Å²) in [6, 6.07) is 9.41. The first kappa shape index (κ1) is 15.1. The molecule has 1 aromatic carbocycles. The van der Waals surface area contributed by atoms with Gasteiger partial charge in [-0.05, 0) is 55.2 Å². The predicted molar refractivity (Wildman–Crippen MR) is 83.7 cm³/mol. The monoisotopic (exact) mass is 313 g/mol. The highest BCUT2D eigenvalue weighted by Gasteiger charge is 2.16. The van der Waals surface area contributed by atoms with Crippen molar-refractivity contribution in [3.05, 3.63) is 59.7 Å². The quantitative estimate of drug-likeness (QED) is 0.882. The smallest absolute Gasteiger partial charge is 0.277 e. The van der Waals surface area contributed by atoms with Gasteiger partial charge in [0.15, 0.2) is 6.61 Å². The normalized spacial score (nSPS) is 15.1. The molecule has 0 spiro atoms. The maximum Gasteiger partial charge on any atom is 0.277 e. The van der Waals surface area contributed by atoms with Gasteiger partial charge in [0, 0.05) is 6.20 Å². The summed E-state index contributed by atoms with van der Waals surface area (Å²) in [6.45, 7) is -0.183. The van der Waals surface area contributed by atoms with E-state index in [1.165, 1.54) is 24.3 Å². The lowest BCUT2D eigenvalue weighted by Gasteiger charge is -2.16. The standard InChI is InChI=1S/C17H16FN3O2/c18-13-6-8-14(9-7-13)23-11-16(22)21-20-15-5-1-3-12-4-2-10-19-17(12)15/h2,4,6-10H,1,3,5,11H2,(H,21,22)/b20-15+. The van der Waals surface area contributed by atoms with Crippen LogP contribution in [-0.2, 0) is 11.2 Å². The van der Waals surface area contributed by atoms with Crippen molar-refractivity contribution < 1.29 is 13.9 Å². The van der Waals surface area contributed by atoms with Crippen LogP contribution in [0.5, 0.6) is 5.75 Å². The van der Waals surface area contributed by atoms with E-state index < -0.39 is 0 Å².